The molecule has 1 aromatic heterocycles. The average Bonchev–Trinajstić information content (AvgIpc) is 3.23. The number of nitrogens with zero attached hydrogens (tertiary/aromatic N) is 2. The zero-order chi connectivity index (χ0) is 22.7. The molecule has 0 aliphatic rings. The van der Waals surface area contributed by atoms with Crippen LogP contribution in [0.2, 0.25) is 0 Å². The highest BCUT2D eigenvalue weighted by Gasteiger charge is 2.24. The Kier molecular flexibility index (Phi) is 5.75. The zero-order valence-corrected chi connectivity index (χ0v) is 18.1. The summed E-state index contributed by atoms with van der Waals surface area (Å²) in [7, 11) is -3.92. The third-order valence-corrected chi connectivity index (χ3v) is 6.80. The van der Waals surface area contributed by atoms with Gasteiger partial charge >= 0.3 is 0 Å². The Bertz CT molecular complexity index is 1400. The molecule has 4 rings (SSSR count). The van der Waals surface area contributed by atoms with Gasteiger partial charge in [-0.3, -0.25) is 10.1 Å². The summed E-state index contributed by atoms with van der Waals surface area (Å²) in [5.74, 6) is 0. The fraction of sp³-hybridized carbons (Fsp3) is 0.0400. The van der Waals surface area contributed by atoms with E-state index in [0.717, 1.165) is 11.1 Å². The Morgan fingerprint density at radius 1 is 0.812 bits per heavy atom. The summed E-state index contributed by atoms with van der Waals surface area (Å²) in [4.78, 5) is 11.3. The van der Waals surface area contributed by atoms with Crippen molar-refractivity contribution in [1.82, 2.24) is 3.97 Å². The van der Waals surface area contributed by atoms with Gasteiger partial charge in [-0.2, -0.15) is 0 Å². The molecule has 0 radical (unpaired) electrons. The number of nitro groups is 1. The topological polar surface area (TPSA) is 82.2 Å². The van der Waals surface area contributed by atoms with Crippen molar-refractivity contribution in [2.24, 2.45) is 0 Å². The number of benzene rings is 3. The maximum atomic E-state index is 13.4. The first-order chi connectivity index (χ1) is 15.4. The van der Waals surface area contributed by atoms with Gasteiger partial charge in [0.2, 0.25) is 0 Å². The standard InChI is InChI=1S/C25H20N2O4S/c1-19-11-14-21(15-12-19)32(30,31)26-18-17-23(22-9-5-6-10-25(22)27(28)29)24(26)16-13-20-7-3-2-4-8-20/h2-18H,1H3/b16-13+. The largest absolute Gasteiger partial charge is 0.277 e. The Hall–Kier alpha value is -3.97. The first kappa shape index (κ1) is 21.3. The van der Waals surface area contributed by atoms with Gasteiger partial charge in [0, 0.05) is 17.8 Å². The molecular formula is C25H20N2O4S. The monoisotopic (exact) mass is 444 g/mol. The van der Waals surface area contributed by atoms with E-state index in [2.05, 4.69) is 0 Å². The van der Waals surface area contributed by atoms with Crippen LogP contribution in [0.1, 0.15) is 16.8 Å². The fourth-order valence-electron chi connectivity index (χ4n) is 3.45. The lowest BCUT2D eigenvalue weighted by atomic mass is 10.0. The quantitative estimate of drug-likeness (QED) is 0.279. The van der Waals surface area contributed by atoms with Crippen LogP contribution in [0.5, 0.6) is 0 Å². The zero-order valence-electron chi connectivity index (χ0n) is 17.3. The second kappa shape index (κ2) is 8.64. The molecule has 0 amide bonds. The average molecular weight is 445 g/mol. The molecule has 4 aromatic rings. The Balaban J connectivity index is 1.93. The van der Waals surface area contributed by atoms with Crippen molar-refractivity contribution in [3.63, 3.8) is 0 Å². The van der Waals surface area contributed by atoms with Crippen molar-refractivity contribution in [3.05, 3.63) is 118 Å². The SMILES string of the molecule is Cc1ccc(S(=O)(=O)n2ccc(-c3ccccc3[N+](=O)[O-])c2/C=C/c2ccccc2)cc1. The maximum Gasteiger partial charge on any atom is 0.277 e. The van der Waals surface area contributed by atoms with E-state index in [-0.39, 0.29) is 10.6 Å². The van der Waals surface area contributed by atoms with Crippen LogP contribution in [-0.2, 0) is 10.0 Å². The van der Waals surface area contributed by atoms with Crippen LogP contribution in [-0.4, -0.2) is 17.3 Å². The number of rotatable bonds is 6. The minimum absolute atomic E-state index is 0.0904. The third kappa shape index (κ3) is 4.10. The number of aryl methyl sites for hydroxylation is 1. The van der Waals surface area contributed by atoms with Crippen LogP contribution in [0.25, 0.3) is 23.3 Å². The van der Waals surface area contributed by atoms with Gasteiger partial charge in [-0.25, -0.2) is 12.4 Å². The molecule has 0 bridgehead atoms. The molecule has 0 fully saturated rings. The van der Waals surface area contributed by atoms with Gasteiger partial charge in [-0.05, 0) is 42.8 Å². The Labute approximate surface area is 186 Å². The van der Waals surface area contributed by atoms with E-state index in [0.29, 0.717) is 16.8 Å². The summed E-state index contributed by atoms with van der Waals surface area (Å²) in [5.41, 5.74) is 2.88. The highest BCUT2D eigenvalue weighted by atomic mass is 32.2. The van der Waals surface area contributed by atoms with E-state index in [1.54, 1.807) is 60.7 Å². The van der Waals surface area contributed by atoms with Crippen LogP contribution in [0.4, 0.5) is 5.69 Å². The van der Waals surface area contributed by atoms with Crippen molar-refractivity contribution < 1.29 is 13.3 Å². The lowest BCUT2D eigenvalue weighted by Gasteiger charge is -2.11. The molecular weight excluding hydrogens is 424 g/mol. The predicted molar refractivity (Wildman–Crippen MR) is 126 cm³/mol. The first-order valence-corrected chi connectivity index (χ1v) is 11.3. The van der Waals surface area contributed by atoms with Gasteiger partial charge in [0.05, 0.1) is 21.1 Å². The molecule has 0 atom stereocenters. The molecule has 32 heavy (non-hydrogen) atoms. The molecule has 0 aliphatic carbocycles. The Morgan fingerprint density at radius 3 is 2.16 bits per heavy atom. The smallest absolute Gasteiger partial charge is 0.258 e. The van der Waals surface area contributed by atoms with E-state index in [1.165, 1.54) is 16.2 Å². The second-order valence-corrected chi connectivity index (χ2v) is 9.06. The summed E-state index contributed by atoms with van der Waals surface area (Å²) < 4.78 is 28.0. The molecule has 1 heterocycles. The third-order valence-electron chi connectivity index (χ3n) is 5.09. The summed E-state index contributed by atoms with van der Waals surface area (Å²) in [6, 6.07) is 23.9. The number of aromatic nitrogens is 1. The summed E-state index contributed by atoms with van der Waals surface area (Å²) in [6.45, 7) is 1.88. The number of nitro benzene ring substituents is 1. The van der Waals surface area contributed by atoms with Crippen LogP contribution >= 0.6 is 0 Å². The number of hydrogen-bond donors (Lipinski definition) is 0. The minimum atomic E-state index is -3.92. The van der Waals surface area contributed by atoms with Gasteiger partial charge in [0.1, 0.15) is 0 Å². The molecule has 0 aliphatic heterocycles. The number of para-hydroxylation sites is 1. The molecule has 3 aromatic carbocycles. The molecule has 0 unspecified atom stereocenters. The van der Waals surface area contributed by atoms with Gasteiger partial charge in [0.15, 0.2) is 0 Å². The van der Waals surface area contributed by atoms with E-state index < -0.39 is 14.9 Å². The molecule has 0 spiro atoms. The molecule has 0 N–H and O–H groups in total. The minimum Gasteiger partial charge on any atom is -0.258 e. The second-order valence-electron chi connectivity index (χ2n) is 7.25. The van der Waals surface area contributed by atoms with E-state index in [9.17, 15) is 18.5 Å². The highest BCUT2D eigenvalue weighted by molar-refractivity contribution is 7.90. The normalized spacial score (nSPS) is 11.7. The lowest BCUT2D eigenvalue weighted by molar-refractivity contribution is -0.384. The lowest BCUT2D eigenvalue weighted by Crippen LogP contribution is -2.13. The Morgan fingerprint density at radius 2 is 1.47 bits per heavy atom. The molecule has 160 valence electrons. The van der Waals surface area contributed by atoms with Crippen molar-refractivity contribution >= 4 is 27.9 Å². The first-order valence-electron chi connectivity index (χ1n) is 9.88. The molecule has 6 nitrogen and oxygen atoms in total. The van der Waals surface area contributed by atoms with Crippen molar-refractivity contribution in [3.8, 4) is 11.1 Å². The van der Waals surface area contributed by atoms with Crippen LogP contribution < -0.4 is 0 Å². The van der Waals surface area contributed by atoms with E-state index in [1.807, 2.05) is 37.3 Å². The van der Waals surface area contributed by atoms with Crippen LogP contribution in [0, 0.1) is 17.0 Å². The maximum absolute atomic E-state index is 13.4. The van der Waals surface area contributed by atoms with Crippen molar-refractivity contribution in [2.75, 3.05) is 0 Å². The van der Waals surface area contributed by atoms with Gasteiger partial charge in [0.25, 0.3) is 15.7 Å². The van der Waals surface area contributed by atoms with Crippen LogP contribution in [0.3, 0.4) is 0 Å². The molecule has 0 saturated heterocycles. The summed E-state index contributed by atoms with van der Waals surface area (Å²) in [6.07, 6.45) is 4.90. The fourth-order valence-corrected chi connectivity index (χ4v) is 4.80. The highest BCUT2D eigenvalue weighted by Crippen LogP contribution is 2.35. The summed E-state index contributed by atoms with van der Waals surface area (Å²) >= 11 is 0. The van der Waals surface area contributed by atoms with Crippen molar-refractivity contribution in [1.29, 1.82) is 0 Å². The van der Waals surface area contributed by atoms with Gasteiger partial charge in [-0.15, -0.1) is 0 Å². The van der Waals surface area contributed by atoms with Gasteiger partial charge < -0.3 is 0 Å². The summed E-state index contributed by atoms with van der Waals surface area (Å²) in [5, 5.41) is 11.6. The molecule has 0 saturated carbocycles. The van der Waals surface area contributed by atoms with E-state index >= 15 is 0 Å². The number of hydrogen-bond acceptors (Lipinski definition) is 4. The van der Waals surface area contributed by atoms with Gasteiger partial charge in [-0.1, -0.05) is 66.2 Å². The predicted octanol–water partition coefficient (Wildman–Crippen LogP) is 5.78. The van der Waals surface area contributed by atoms with E-state index in [4.69, 9.17) is 0 Å². The van der Waals surface area contributed by atoms with Crippen LogP contribution in [0.15, 0.2) is 96.0 Å². The molecule has 7 heteroatoms. The van der Waals surface area contributed by atoms with Crippen molar-refractivity contribution in [2.45, 2.75) is 11.8 Å².